The lowest BCUT2D eigenvalue weighted by Crippen LogP contribution is -2.44. The molecule has 1 saturated heterocycles. The van der Waals surface area contributed by atoms with E-state index >= 15 is 0 Å². The first-order valence-corrected chi connectivity index (χ1v) is 11.1. The lowest BCUT2D eigenvalue weighted by atomic mass is 10.0. The number of likely N-dealkylation sites (N-methyl/N-ethyl adjacent to an activating group) is 1. The van der Waals surface area contributed by atoms with Crippen molar-refractivity contribution in [3.8, 4) is 5.75 Å². The van der Waals surface area contributed by atoms with Gasteiger partial charge in [0, 0.05) is 40.0 Å². The van der Waals surface area contributed by atoms with E-state index in [-0.39, 0.29) is 30.1 Å². The fourth-order valence-corrected chi connectivity index (χ4v) is 3.40. The van der Waals surface area contributed by atoms with Gasteiger partial charge in [0.05, 0.1) is 32.5 Å². The SMILES string of the molecule is CNCCOCCNC(=O)c1cc(COC)ccc1OC1CC(OC(C)=O)CC(C(=O)OC)O1. The molecule has 0 bridgehead atoms. The molecule has 1 aromatic rings. The highest BCUT2D eigenvalue weighted by Gasteiger charge is 2.37. The summed E-state index contributed by atoms with van der Waals surface area (Å²) in [5, 5.41) is 5.78. The number of benzene rings is 1. The molecule has 3 atom stereocenters. The largest absolute Gasteiger partial charge is 0.467 e. The molecule has 11 heteroatoms. The van der Waals surface area contributed by atoms with Crippen molar-refractivity contribution in [3.63, 3.8) is 0 Å². The fraction of sp³-hybridized carbons (Fsp3) is 0.609. The Hall–Kier alpha value is -2.73. The van der Waals surface area contributed by atoms with Gasteiger partial charge in [-0.3, -0.25) is 9.59 Å². The number of nitrogens with one attached hydrogen (secondary N) is 2. The van der Waals surface area contributed by atoms with Gasteiger partial charge in [-0.25, -0.2) is 4.79 Å². The molecule has 0 spiro atoms. The first-order valence-electron chi connectivity index (χ1n) is 11.1. The summed E-state index contributed by atoms with van der Waals surface area (Å²) >= 11 is 0. The van der Waals surface area contributed by atoms with Crippen molar-refractivity contribution in [1.82, 2.24) is 10.6 Å². The Labute approximate surface area is 199 Å². The quantitative estimate of drug-likeness (QED) is 0.307. The third-order valence-electron chi connectivity index (χ3n) is 4.93. The maximum absolute atomic E-state index is 12.9. The van der Waals surface area contributed by atoms with Crippen LogP contribution in [0.1, 0.15) is 35.7 Å². The number of carbonyl (C=O) groups is 3. The Kier molecular flexibility index (Phi) is 11.7. The third-order valence-corrected chi connectivity index (χ3v) is 4.93. The number of ether oxygens (including phenoxy) is 6. The molecule has 1 aliphatic heterocycles. The standard InChI is InChI=1S/C23H34N2O9/c1-15(26)32-17-12-20(23(28)30-4)34-21(13-17)33-19-6-5-16(14-29-3)11-18(19)22(27)25-8-10-31-9-7-24-2/h5-6,11,17,20-21,24H,7-10,12-14H2,1-4H3,(H,25,27). The van der Waals surface area contributed by atoms with Gasteiger partial charge in [-0.1, -0.05) is 6.07 Å². The van der Waals surface area contributed by atoms with Gasteiger partial charge >= 0.3 is 11.9 Å². The molecule has 0 radical (unpaired) electrons. The molecule has 1 aliphatic rings. The van der Waals surface area contributed by atoms with Gasteiger partial charge in [0.25, 0.3) is 5.91 Å². The number of methoxy groups -OCH3 is 2. The molecule has 1 amide bonds. The maximum atomic E-state index is 12.9. The van der Waals surface area contributed by atoms with E-state index in [9.17, 15) is 14.4 Å². The zero-order valence-electron chi connectivity index (χ0n) is 20.1. The van der Waals surface area contributed by atoms with E-state index in [0.717, 1.165) is 5.56 Å². The van der Waals surface area contributed by atoms with Crippen LogP contribution in [-0.4, -0.2) is 83.9 Å². The second kappa shape index (κ2) is 14.5. The van der Waals surface area contributed by atoms with E-state index < -0.39 is 30.4 Å². The van der Waals surface area contributed by atoms with E-state index in [4.69, 9.17) is 28.4 Å². The lowest BCUT2D eigenvalue weighted by Gasteiger charge is -2.33. The molecule has 190 valence electrons. The number of hydrogen-bond acceptors (Lipinski definition) is 10. The first kappa shape index (κ1) is 27.5. The Morgan fingerprint density at radius 1 is 1.12 bits per heavy atom. The summed E-state index contributed by atoms with van der Waals surface area (Å²) in [5.41, 5.74) is 1.05. The van der Waals surface area contributed by atoms with Crippen molar-refractivity contribution in [2.75, 3.05) is 47.6 Å². The van der Waals surface area contributed by atoms with Gasteiger partial charge in [0.15, 0.2) is 6.10 Å². The molecule has 1 heterocycles. The summed E-state index contributed by atoms with van der Waals surface area (Å²) < 4.78 is 32.4. The van der Waals surface area contributed by atoms with Crippen molar-refractivity contribution in [2.45, 2.75) is 44.9 Å². The zero-order chi connectivity index (χ0) is 24.9. The maximum Gasteiger partial charge on any atom is 0.335 e. The molecule has 1 aromatic carbocycles. The number of amides is 1. The molecular weight excluding hydrogens is 448 g/mol. The van der Waals surface area contributed by atoms with E-state index in [1.54, 1.807) is 25.3 Å². The lowest BCUT2D eigenvalue weighted by molar-refractivity contribution is -0.204. The highest BCUT2D eigenvalue weighted by Crippen LogP contribution is 2.28. The van der Waals surface area contributed by atoms with Crippen molar-refractivity contribution >= 4 is 17.8 Å². The van der Waals surface area contributed by atoms with Crippen molar-refractivity contribution in [3.05, 3.63) is 29.3 Å². The van der Waals surface area contributed by atoms with Crippen LogP contribution in [0.5, 0.6) is 5.75 Å². The molecular formula is C23H34N2O9. The molecule has 34 heavy (non-hydrogen) atoms. The summed E-state index contributed by atoms with van der Waals surface area (Å²) in [4.78, 5) is 36.4. The van der Waals surface area contributed by atoms with E-state index in [1.165, 1.54) is 14.0 Å². The van der Waals surface area contributed by atoms with Crippen LogP contribution in [0.4, 0.5) is 0 Å². The van der Waals surface area contributed by atoms with Gasteiger partial charge in [-0.15, -0.1) is 0 Å². The van der Waals surface area contributed by atoms with Crippen LogP contribution in [0.2, 0.25) is 0 Å². The first-order chi connectivity index (χ1) is 16.4. The van der Waals surface area contributed by atoms with E-state index in [1.807, 2.05) is 7.05 Å². The van der Waals surface area contributed by atoms with Gasteiger partial charge in [0.1, 0.15) is 11.9 Å². The monoisotopic (exact) mass is 482 g/mol. The van der Waals surface area contributed by atoms with Crippen molar-refractivity contribution in [1.29, 1.82) is 0 Å². The van der Waals surface area contributed by atoms with Gasteiger partial charge < -0.3 is 39.1 Å². The molecule has 3 unspecified atom stereocenters. The molecule has 2 N–H and O–H groups in total. The second-order valence-corrected chi connectivity index (χ2v) is 7.63. The summed E-state index contributed by atoms with van der Waals surface area (Å²) in [6.45, 7) is 3.53. The molecule has 2 rings (SSSR count). The van der Waals surface area contributed by atoms with Crippen LogP contribution in [0.3, 0.4) is 0 Å². The van der Waals surface area contributed by atoms with Gasteiger partial charge in [-0.05, 0) is 24.7 Å². The second-order valence-electron chi connectivity index (χ2n) is 7.63. The predicted octanol–water partition coefficient (Wildman–Crippen LogP) is 0.787. The average Bonchev–Trinajstić information content (AvgIpc) is 2.81. The summed E-state index contributed by atoms with van der Waals surface area (Å²) in [6, 6.07) is 5.07. The highest BCUT2D eigenvalue weighted by atomic mass is 16.7. The minimum Gasteiger partial charge on any atom is -0.467 e. The van der Waals surface area contributed by atoms with Crippen molar-refractivity contribution < 1.29 is 42.8 Å². The number of esters is 2. The van der Waals surface area contributed by atoms with E-state index in [2.05, 4.69) is 10.6 Å². The van der Waals surface area contributed by atoms with Crippen LogP contribution in [0.15, 0.2) is 18.2 Å². The highest BCUT2D eigenvalue weighted by molar-refractivity contribution is 5.97. The third kappa shape index (κ3) is 8.90. The topological polar surface area (TPSA) is 131 Å². The van der Waals surface area contributed by atoms with Gasteiger partial charge in [0.2, 0.25) is 6.29 Å². The number of rotatable bonds is 13. The molecule has 1 fully saturated rings. The van der Waals surface area contributed by atoms with E-state index in [0.29, 0.717) is 32.9 Å². The predicted molar refractivity (Wildman–Crippen MR) is 120 cm³/mol. The molecule has 0 saturated carbocycles. The van der Waals surface area contributed by atoms with Crippen molar-refractivity contribution in [2.24, 2.45) is 0 Å². The van der Waals surface area contributed by atoms with Gasteiger partial charge in [-0.2, -0.15) is 0 Å². The minimum absolute atomic E-state index is 0.153. The average molecular weight is 483 g/mol. The summed E-state index contributed by atoms with van der Waals surface area (Å²) in [7, 11) is 4.64. The zero-order valence-corrected chi connectivity index (χ0v) is 20.1. The van der Waals surface area contributed by atoms with Crippen LogP contribution < -0.4 is 15.4 Å². The Morgan fingerprint density at radius 2 is 1.88 bits per heavy atom. The minimum atomic E-state index is -0.965. The Morgan fingerprint density at radius 3 is 2.56 bits per heavy atom. The smallest absolute Gasteiger partial charge is 0.335 e. The molecule has 0 aromatic heterocycles. The van der Waals surface area contributed by atoms with Crippen LogP contribution in [0.25, 0.3) is 0 Å². The number of hydrogen-bond donors (Lipinski definition) is 2. The summed E-state index contributed by atoms with van der Waals surface area (Å²) in [5.74, 6) is -1.18. The van der Waals surface area contributed by atoms with Crippen LogP contribution >= 0.6 is 0 Å². The fourth-order valence-electron chi connectivity index (χ4n) is 3.40. The normalized spacial score (nSPS) is 19.8. The van der Waals surface area contributed by atoms with Crippen LogP contribution in [-0.2, 0) is 39.9 Å². The Bertz CT molecular complexity index is 818. The van der Waals surface area contributed by atoms with Crippen LogP contribution in [0, 0.1) is 0 Å². The molecule has 11 nitrogen and oxygen atoms in total. The summed E-state index contributed by atoms with van der Waals surface area (Å²) in [6.07, 6.45) is -2.16. The molecule has 0 aliphatic carbocycles. The number of carbonyl (C=O) groups excluding carboxylic acids is 3. The Balaban J connectivity index is 2.14.